The summed E-state index contributed by atoms with van der Waals surface area (Å²) >= 11 is 5.37. The molecular formula is C25H27BrN2O2S. The number of carbonyl (C=O) groups excluding carboxylic acids is 1. The van der Waals surface area contributed by atoms with Crippen LogP contribution in [0.2, 0.25) is 0 Å². The van der Waals surface area contributed by atoms with E-state index in [9.17, 15) is 4.79 Å². The molecule has 2 aromatic carbocycles. The first kappa shape index (κ1) is 21.1. The van der Waals surface area contributed by atoms with Crippen molar-refractivity contribution in [2.24, 2.45) is 5.92 Å². The highest BCUT2D eigenvalue weighted by atomic mass is 79.9. The van der Waals surface area contributed by atoms with Crippen LogP contribution in [0.3, 0.4) is 0 Å². The second-order valence-corrected chi connectivity index (χ2v) is 10.9. The second kappa shape index (κ2) is 7.98. The van der Waals surface area contributed by atoms with Crippen LogP contribution in [-0.4, -0.2) is 41.0 Å². The molecule has 2 aliphatic rings. The first-order valence-electron chi connectivity index (χ1n) is 10.8. The number of fused-ring (bicyclic) bond motifs is 4. The van der Waals surface area contributed by atoms with Crippen molar-refractivity contribution in [2.75, 3.05) is 26.0 Å². The minimum Gasteiger partial charge on any atom is -0.493 e. The predicted molar refractivity (Wildman–Crippen MR) is 131 cm³/mol. The molecule has 0 saturated carbocycles. The summed E-state index contributed by atoms with van der Waals surface area (Å²) in [5.74, 6) is 1.54. The third kappa shape index (κ3) is 3.62. The second-order valence-electron chi connectivity index (χ2n) is 9.09. The lowest BCUT2D eigenvalue weighted by Gasteiger charge is -2.33. The van der Waals surface area contributed by atoms with Gasteiger partial charge in [-0.3, -0.25) is 9.10 Å². The van der Waals surface area contributed by atoms with Crippen LogP contribution >= 0.6 is 27.9 Å². The zero-order valence-corrected chi connectivity index (χ0v) is 20.5. The lowest BCUT2D eigenvalue weighted by Crippen LogP contribution is -2.31. The Bertz CT molecular complexity index is 1160. The quantitative estimate of drug-likeness (QED) is 0.436. The molecule has 1 N–H and O–H groups in total. The van der Waals surface area contributed by atoms with Crippen LogP contribution in [0.5, 0.6) is 5.75 Å². The van der Waals surface area contributed by atoms with E-state index in [-0.39, 0.29) is 11.2 Å². The summed E-state index contributed by atoms with van der Waals surface area (Å²) in [6.07, 6.45) is 4.48. The fourth-order valence-corrected chi connectivity index (χ4v) is 5.88. The average Bonchev–Trinajstić information content (AvgIpc) is 3.16. The SMILES string of the molecule is CSN1CCC(COc2ccc3c(c2)C(C)(C)c2[nH]c4cc(Br)ccc4c2C3=O)CC1. The van der Waals surface area contributed by atoms with E-state index in [1.54, 1.807) is 0 Å². The van der Waals surface area contributed by atoms with Crippen LogP contribution in [0.1, 0.15) is 53.9 Å². The van der Waals surface area contributed by atoms with E-state index in [1.165, 1.54) is 12.8 Å². The van der Waals surface area contributed by atoms with Gasteiger partial charge in [-0.1, -0.05) is 47.8 Å². The van der Waals surface area contributed by atoms with Crippen molar-refractivity contribution in [3.63, 3.8) is 0 Å². The summed E-state index contributed by atoms with van der Waals surface area (Å²) in [5, 5.41) is 0.985. The number of aromatic amines is 1. The number of ketones is 1. The van der Waals surface area contributed by atoms with Gasteiger partial charge in [0.2, 0.25) is 0 Å². The van der Waals surface area contributed by atoms with Crippen molar-refractivity contribution >= 4 is 44.6 Å². The molecule has 0 unspecified atom stereocenters. The summed E-state index contributed by atoms with van der Waals surface area (Å²) in [6.45, 7) is 7.36. The highest BCUT2D eigenvalue weighted by molar-refractivity contribution is 9.10. The lowest BCUT2D eigenvalue weighted by atomic mass is 9.71. The number of nitrogens with one attached hydrogen (secondary N) is 1. The Labute approximate surface area is 196 Å². The van der Waals surface area contributed by atoms with E-state index in [0.29, 0.717) is 5.92 Å². The predicted octanol–water partition coefficient (Wildman–Crippen LogP) is 6.17. The van der Waals surface area contributed by atoms with Gasteiger partial charge in [-0.15, -0.1) is 0 Å². The molecule has 162 valence electrons. The molecule has 1 fully saturated rings. The van der Waals surface area contributed by atoms with Crippen LogP contribution in [-0.2, 0) is 5.41 Å². The number of aromatic nitrogens is 1. The van der Waals surface area contributed by atoms with Crippen LogP contribution in [0, 0.1) is 5.92 Å². The molecule has 0 atom stereocenters. The van der Waals surface area contributed by atoms with Crippen molar-refractivity contribution in [3.05, 3.63) is 63.3 Å². The van der Waals surface area contributed by atoms with Gasteiger partial charge >= 0.3 is 0 Å². The van der Waals surface area contributed by atoms with E-state index in [1.807, 2.05) is 42.3 Å². The summed E-state index contributed by atoms with van der Waals surface area (Å²) in [6, 6.07) is 12.0. The Morgan fingerprint density at radius 2 is 1.97 bits per heavy atom. The summed E-state index contributed by atoms with van der Waals surface area (Å²) < 4.78 is 9.64. The van der Waals surface area contributed by atoms with E-state index in [4.69, 9.17) is 4.74 Å². The molecular weight excluding hydrogens is 472 g/mol. The molecule has 0 amide bonds. The fraction of sp³-hybridized carbons (Fsp3) is 0.400. The number of nitrogens with zero attached hydrogens (tertiary/aromatic N) is 1. The number of halogens is 1. The van der Waals surface area contributed by atoms with Gasteiger partial charge in [0.15, 0.2) is 5.78 Å². The Morgan fingerprint density at radius 1 is 1.19 bits per heavy atom. The number of hydrogen-bond donors (Lipinski definition) is 1. The zero-order chi connectivity index (χ0) is 21.8. The third-order valence-corrected chi connectivity index (χ3v) is 8.21. The smallest absolute Gasteiger partial charge is 0.195 e. The molecule has 1 aromatic heterocycles. The Hall–Kier alpha value is -1.76. The van der Waals surface area contributed by atoms with E-state index in [2.05, 4.69) is 51.4 Å². The maximum Gasteiger partial charge on any atom is 0.195 e. The molecule has 1 aliphatic heterocycles. The maximum atomic E-state index is 13.5. The van der Waals surface area contributed by atoms with Crippen molar-refractivity contribution in [2.45, 2.75) is 32.1 Å². The molecule has 1 aliphatic carbocycles. The topological polar surface area (TPSA) is 45.3 Å². The molecule has 1 saturated heterocycles. The molecule has 3 aromatic rings. The van der Waals surface area contributed by atoms with Gasteiger partial charge in [0, 0.05) is 45.1 Å². The van der Waals surface area contributed by atoms with Crippen LogP contribution < -0.4 is 4.74 Å². The fourth-order valence-electron chi connectivity index (χ4n) is 4.94. The Kier molecular flexibility index (Phi) is 5.43. The standard InChI is InChI=1S/C25H27BrN2O2S/c1-25(2)20-13-17(30-14-15-8-10-28(31-3)11-9-15)5-7-18(20)23(29)22-19-6-4-16(26)12-21(19)27-24(22)25/h4-7,12-13,15,27H,8-11,14H2,1-3H3. The number of rotatable bonds is 4. The van der Waals surface area contributed by atoms with Gasteiger partial charge in [0.05, 0.1) is 12.2 Å². The number of carbonyl (C=O) groups is 1. The summed E-state index contributed by atoms with van der Waals surface area (Å²) in [5.41, 5.74) is 4.27. The molecule has 4 nitrogen and oxygen atoms in total. The Morgan fingerprint density at radius 3 is 2.71 bits per heavy atom. The number of H-pyrrole nitrogens is 1. The number of hydrogen-bond acceptors (Lipinski definition) is 4. The highest BCUT2D eigenvalue weighted by Crippen LogP contribution is 2.45. The maximum absolute atomic E-state index is 13.5. The average molecular weight is 499 g/mol. The van der Waals surface area contributed by atoms with Crippen molar-refractivity contribution in [1.82, 2.24) is 9.29 Å². The minimum atomic E-state index is -0.312. The first-order chi connectivity index (χ1) is 14.9. The van der Waals surface area contributed by atoms with Gasteiger partial charge in [-0.25, -0.2) is 0 Å². The van der Waals surface area contributed by atoms with Crippen molar-refractivity contribution in [1.29, 1.82) is 0 Å². The lowest BCUT2D eigenvalue weighted by molar-refractivity contribution is 0.103. The van der Waals surface area contributed by atoms with Crippen LogP contribution in [0.25, 0.3) is 10.9 Å². The molecule has 5 rings (SSSR count). The van der Waals surface area contributed by atoms with Gasteiger partial charge in [0.1, 0.15) is 5.75 Å². The van der Waals surface area contributed by atoms with Gasteiger partial charge in [-0.05, 0) is 60.9 Å². The molecule has 31 heavy (non-hydrogen) atoms. The first-order valence-corrected chi connectivity index (χ1v) is 12.8. The van der Waals surface area contributed by atoms with Gasteiger partial charge in [-0.2, -0.15) is 0 Å². The Balaban J connectivity index is 1.44. The molecule has 6 heteroatoms. The largest absolute Gasteiger partial charge is 0.493 e. The minimum absolute atomic E-state index is 0.0916. The number of piperidine rings is 1. The van der Waals surface area contributed by atoms with E-state index in [0.717, 1.165) is 63.2 Å². The molecule has 2 heterocycles. The van der Waals surface area contributed by atoms with Crippen LogP contribution in [0.4, 0.5) is 0 Å². The normalized spacial score (nSPS) is 18.8. The third-order valence-electron chi connectivity index (χ3n) is 6.84. The summed E-state index contributed by atoms with van der Waals surface area (Å²) in [7, 11) is 0. The molecule has 0 spiro atoms. The monoisotopic (exact) mass is 498 g/mol. The summed E-state index contributed by atoms with van der Waals surface area (Å²) in [4.78, 5) is 17.0. The van der Waals surface area contributed by atoms with Gasteiger partial charge < -0.3 is 9.72 Å². The van der Waals surface area contributed by atoms with E-state index < -0.39 is 0 Å². The number of ether oxygens (including phenoxy) is 1. The number of benzene rings is 2. The highest BCUT2D eigenvalue weighted by Gasteiger charge is 2.39. The van der Waals surface area contributed by atoms with Crippen LogP contribution in [0.15, 0.2) is 40.9 Å². The van der Waals surface area contributed by atoms with Crippen molar-refractivity contribution < 1.29 is 9.53 Å². The van der Waals surface area contributed by atoms with Crippen molar-refractivity contribution in [3.8, 4) is 5.75 Å². The van der Waals surface area contributed by atoms with Gasteiger partial charge in [0.25, 0.3) is 0 Å². The zero-order valence-electron chi connectivity index (χ0n) is 18.1. The van der Waals surface area contributed by atoms with E-state index >= 15 is 0 Å². The molecule has 0 radical (unpaired) electrons. The molecule has 0 bridgehead atoms.